The van der Waals surface area contributed by atoms with E-state index in [0.29, 0.717) is 27.0 Å². The lowest BCUT2D eigenvalue weighted by Crippen LogP contribution is -1.99. The molecule has 4 nitrogen and oxygen atoms in total. The lowest BCUT2D eigenvalue weighted by Gasteiger charge is -2.14. The Kier molecular flexibility index (Phi) is 4.39. The first-order chi connectivity index (χ1) is 11.0. The number of aryl methyl sites for hydroxylation is 1. The van der Waals surface area contributed by atoms with Gasteiger partial charge in [-0.1, -0.05) is 46.9 Å². The molecule has 3 rings (SSSR count). The molecule has 0 fully saturated rings. The average Bonchev–Trinajstić information content (AvgIpc) is 2.51. The highest BCUT2D eigenvalue weighted by molar-refractivity contribution is 6.37. The van der Waals surface area contributed by atoms with Crippen LogP contribution in [0, 0.1) is 6.92 Å². The van der Waals surface area contributed by atoms with Crippen LogP contribution < -0.4 is 0 Å². The molecule has 2 aromatic heterocycles. The predicted molar refractivity (Wildman–Crippen MR) is 92.1 cm³/mol. The van der Waals surface area contributed by atoms with Crippen LogP contribution in [0.3, 0.4) is 0 Å². The molecule has 3 aromatic rings. The Balaban J connectivity index is 2.32. The molecule has 7 heteroatoms. The molecule has 0 aliphatic rings. The molecule has 0 radical (unpaired) electrons. The number of hydrogen-bond acceptors (Lipinski definition) is 4. The molecule has 1 aromatic carbocycles. The van der Waals surface area contributed by atoms with Crippen LogP contribution in [0.1, 0.15) is 5.69 Å². The highest BCUT2D eigenvalue weighted by atomic mass is 35.5. The van der Waals surface area contributed by atoms with E-state index in [9.17, 15) is 5.11 Å². The SMILES string of the molecule is Cc1nnc(Cl)c(-c2ncc(Cl)cc2Cl)c1-c1ccc(O)cc1. The highest BCUT2D eigenvalue weighted by Gasteiger charge is 2.20. The van der Waals surface area contributed by atoms with Gasteiger partial charge in [0, 0.05) is 11.8 Å². The van der Waals surface area contributed by atoms with Crippen molar-refractivity contribution in [2.45, 2.75) is 6.92 Å². The van der Waals surface area contributed by atoms with Gasteiger partial charge >= 0.3 is 0 Å². The fourth-order valence-corrected chi connectivity index (χ4v) is 3.00. The molecule has 0 aliphatic carbocycles. The number of phenolic OH excluding ortho intramolecular Hbond substituents is 1. The van der Waals surface area contributed by atoms with Gasteiger partial charge in [0.1, 0.15) is 5.75 Å². The van der Waals surface area contributed by atoms with Crippen LogP contribution in [0.4, 0.5) is 0 Å². The molecule has 0 bridgehead atoms. The zero-order valence-corrected chi connectivity index (χ0v) is 14.2. The van der Waals surface area contributed by atoms with E-state index in [1.165, 1.54) is 6.20 Å². The fourth-order valence-electron chi connectivity index (χ4n) is 2.30. The van der Waals surface area contributed by atoms with Gasteiger partial charge in [0.2, 0.25) is 0 Å². The van der Waals surface area contributed by atoms with Crippen molar-refractivity contribution < 1.29 is 5.11 Å². The number of pyridine rings is 1. The van der Waals surface area contributed by atoms with Crippen LogP contribution in [0.2, 0.25) is 15.2 Å². The van der Waals surface area contributed by atoms with Gasteiger partial charge in [0.25, 0.3) is 0 Å². The molecule has 0 amide bonds. The van der Waals surface area contributed by atoms with Crippen molar-refractivity contribution in [2.24, 2.45) is 0 Å². The molecule has 0 saturated heterocycles. The topological polar surface area (TPSA) is 58.9 Å². The van der Waals surface area contributed by atoms with Crippen molar-refractivity contribution in [2.75, 3.05) is 0 Å². The van der Waals surface area contributed by atoms with Gasteiger partial charge in [-0.2, -0.15) is 5.10 Å². The second-order valence-corrected chi connectivity index (χ2v) is 6.06. The van der Waals surface area contributed by atoms with Crippen LogP contribution in [0.5, 0.6) is 5.75 Å². The summed E-state index contributed by atoms with van der Waals surface area (Å²) < 4.78 is 0. The second kappa shape index (κ2) is 6.32. The molecular formula is C16H10Cl3N3O. The first-order valence-electron chi connectivity index (χ1n) is 6.61. The molecule has 0 aliphatic heterocycles. The average molecular weight is 367 g/mol. The molecular weight excluding hydrogens is 357 g/mol. The van der Waals surface area contributed by atoms with E-state index in [4.69, 9.17) is 34.8 Å². The largest absolute Gasteiger partial charge is 0.508 e. The maximum Gasteiger partial charge on any atom is 0.161 e. The van der Waals surface area contributed by atoms with Crippen LogP contribution in [-0.4, -0.2) is 20.3 Å². The molecule has 116 valence electrons. The van der Waals surface area contributed by atoms with Crippen molar-refractivity contribution in [3.63, 3.8) is 0 Å². The van der Waals surface area contributed by atoms with E-state index in [0.717, 1.165) is 11.1 Å². The summed E-state index contributed by atoms with van der Waals surface area (Å²) in [6, 6.07) is 8.30. The summed E-state index contributed by atoms with van der Waals surface area (Å²) in [5.74, 6) is 0.170. The Labute approximate surface area is 147 Å². The summed E-state index contributed by atoms with van der Waals surface area (Å²) in [6.45, 7) is 1.82. The standard InChI is InChI=1S/C16H10Cl3N3O/c1-8-13(9-2-4-11(23)5-3-9)14(16(19)22-21-8)15-12(18)6-10(17)7-20-15/h2-7,23H,1H3. The number of nitrogens with zero attached hydrogens (tertiary/aromatic N) is 3. The molecule has 0 saturated carbocycles. The molecule has 1 N–H and O–H groups in total. The zero-order valence-electron chi connectivity index (χ0n) is 11.9. The Bertz CT molecular complexity index is 882. The maximum atomic E-state index is 9.49. The predicted octanol–water partition coefficient (Wildman–Crippen LogP) is 5.18. The number of benzene rings is 1. The van der Waals surface area contributed by atoms with E-state index in [1.807, 2.05) is 6.92 Å². The lowest BCUT2D eigenvalue weighted by molar-refractivity contribution is 0.475. The zero-order chi connectivity index (χ0) is 16.6. The van der Waals surface area contributed by atoms with Crippen LogP contribution in [0.25, 0.3) is 22.4 Å². The van der Waals surface area contributed by atoms with Crippen LogP contribution >= 0.6 is 34.8 Å². The van der Waals surface area contributed by atoms with Gasteiger partial charge in [-0.3, -0.25) is 4.98 Å². The van der Waals surface area contributed by atoms with Crippen molar-refractivity contribution in [3.05, 3.63) is 57.4 Å². The minimum atomic E-state index is 0.170. The summed E-state index contributed by atoms with van der Waals surface area (Å²) in [4.78, 5) is 4.29. The van der Waals surface area contributed by atoms with E-state index < -0.39 is 0 Å². The molecule has 0 unspecified atom stereocenters. The van der Waals surface area contributed by atoms with E-state index in [2.05, 4.69) is 15.2 Å². The van der Waals surface area contributed by atoms with Gasteiger partial charge in [-0.25, -0.2) is 0 Å². The third-order valence-electron chi connectivity index (χ3n) is 3.31. The third kappa shape index (κ3) is 3.11. The summed E-state index contributed by atoms with van der Waals surface area (Å²) >= 11 is 18.5. The summed E-state index contributed by atoms with van der Waals surface area (Å²) in [5, 5.41) is 18.5. The van der Waals surface area contributed by atoms with Crippen molar-refractivity contribution >= 4 is 34.8 Å². The minimum absolute atomic E-state index is 0.170. The maximum absolute atomic E-state index is 9.49. The number of aromatic nitrogens is 3. The van der Waals surface area contributed by atoms with Gasteiger partial charge < -0.3 is 5.11 Å². The first-order valence-corrected chi connectivity index (χ1v) is 7.74. The fraction of sp³-hybridized carbons (Fsp3) is 0.0625. The molecule has 0 atom stereocenters. The highest BCUT2D eigenvalue weighted by Crippen LogP contribution is 2.40. The molecule has 0 spiro atoms. The van der Waals surface area contributed by atoms with E-state index >= 15 is 0 Å². The van der Waals surface area contributed by atoms with Gasteiger partial charge in [0.05, 0.1) is 27.0 Å². The monoisotopic (exact) mass is 365 g/mol. The smallest absolute Gasteiger partial charge is 0.161 e. The normalized spacial score (nSPS) is 10.8. The summed E-state index contributed by atoms with van der Waals surface area (Å²) in [7, 11) is 0. The first kappa shape index (κ1) is 16.0. The van der Waals surface area contributed by atoms with E-state index in [-0.39, 0.29) is 10.9 Å². The van der Waals surface area contributed by atoms with E-state index in [1.54, 1.807) is 30.3 Å². The Hall–Kier alpha value is -1.88. The van der Waals surface area contributed by atoms with Crippen molar-refractivity contribution in [1.82, 2.24) is 15.2 Å². The summed E-state index contributed by atoms with van der Waals surface area (Å²) in [5.41, 5.74) is 3.29. The number of phenols is 1. The summed E-state index contributed by atoms with van der Waals surface area (Å²) in [6.07, 6.45) is 1.50. The minimum Gasteiger partial charge on any atom is -0.508 e. The number of aromatic hydroxyl groups is 1. The quantitative estimate of drug-likeness (QED) is 0.679. The molecule has 2 heterocycles. The lowest BCUT2D eigenvalue weighted by atomic mass is 9.97. The van der Waals surface area contributed by atoms with Crippen LogP contribution in [-0.2, 0) is 0 Å². The van der Waals surface area contributed by atoms with Gasteiger partial charge in [-0.15, -0.1) is 5.10 Å². The molecule has 23 heavy (non-hydrogen) atoms. The Morgan fingerprint density at radius 2 is 1.65 bits per heavy atom. The van der Waals surface area contributed by atoms with Gasteiger partial charge in [-0.05, 0) is 30.7 Å². The number of hydrogen-bond donors (Lipinski definition) is 1. The van der Waals surface area contributed by atoms with Crippen molar-refractivity contribution in [1.29, 1.82) is 0 Å². The number of rotatable bonds is 2. The number of halogens is 3. The van der Waals surface area contributed by atoms with Crippen molar-refractivity contribution in [3.8, 4) is 28.1 Å². The Morgan fingerprint density at radius 3 is 2.30 bits per heavy atom. The Morgan fingerprint density at radius 1 is 0.957 bits per heavy atom. The third-order valence-corrected chi connectivity index (χ3v) is 4.07. The second-order valence-electron chi connectivity index (χ2n) is 4.86. The van der Waals surface area contributed by atoms with Crippen LogP contribution in [0.15, 0.2) is 36.5 Å². The van der Waals surface area contributed by atoms with Gasteiger partial charge in [0.15, 0.2) is 5.15 Å².